The molecule has 15 heteroatoms. The highest BCUT2D eigenvalue weighted by Crippen LogP contribution is 2.27. The zero-order chi connectivity index (χ0) is 38.2. The van der Waals surface area contributed by atoms with Crippen LogP contribution in [0.4, 0.5) is 0 Å². The molecule has 2 fully saturated rings. The van der Waals surface area contributed by atoms with Crippen LogP contribution in [0.25, 0.3) is 10.4 Å². The van der Waals surface area contributed by atoms with E-state index < -0.39 is 24.1 Å². The van der Waals surface area contributed by atoms with Crippen LogP contribution in [-0.2, 0) is 35.2 Å². The number of amides is 4. The van der Waals surface area contributed by atoms with Crippen molar-refractivity contribution in [1.82, 2.24) is 35.6 Å². The average molecular weight is 758 g/mol. The van der Waals surface area contributed by atoms with Crippen LogP contribution in [0.5, 0.6) is 0 Å². The lowest BCUT2D eigenvalue weighted by Gasteiger charge is -2.31. The van der Waals surface area contributed by atoms with E-state index >= 15 is 0 Å². The van der Waals surface area contributed by atoms with E-state index in [1.807, 2.05) is 50.5 Å². The molecule has 0 aliphatic carbocycles. The molecular formula is C38H59N7O7S. The number of hydrogen-bond donors (Lipinski definition) is 4. The first kappa shape index (κ1) is 42.3. The molecule has 4 N–H and O–H groups in total. The molecule has 0 bridgehead atoms. The van der Waals surface area contributed by atoms with Crippen molar-refractivity contribution in [2.75, 3.05) is 79.3 Å². The number of carbonyl (C=O) groups excluding carboxylic acids is 4. The summed E-state index contributed by atoms with van der Waals surface area (Å²) in [5, 5.41) is 19.2. The van der Waals surface area contributed by atoms with Gasteiger partial charge in [-0.05, 0) is 50.3 Å². The molecule has 1 aromatic heterocycles. The number of piperazine rings is 1. The highest BCUT2D eigenvalue weighted by molar-refractivity contribution is 7.13. The van der Waals surface area contributed by atoms with Crippen molar-refractivity contribution in [2.24, 2.45) is 5.92 Å². The Labute approximate surface area is 318 Å². The number of β-amino-alcohol motifs (C(OH)–C–C–N with tert-alkyl or cyclic N) is 1. The fourth-order valence-electron chi connectivity index (χ4n) is 6.39. The van der Waals surface area contributed by atoms with E-state index in [0.29, 0.717) is 32.9 Å². The van der Waals surface area contributed by atoms with Gasteiger partial charge in [-0.3, -0.25) is 24.1 Å². The van der Waals surface area contributed by atoms with Crippen molar-refractivity contribution >= 4 is 35.0 Å². The van der Waals surface area contributed by atoms with Gasteiger partial charge in [0, 0.05) is 65.3 Å². The number of unbranched alkanes of at least 4 members (excludes halogenated alkanes) is 2. The first-order chi connectivity index (χ1) is 25.5. The van der Waals surface area contributed by atoms with Crippen molar-refractivity contribution in [2.45, 2.75) is 77.6 Å². The second-order valence-electron chi connectivity index (χ2n) is 14.3. The molecule has 2 aliphatic rings. The van der Waals surface area contributed by atoms with Crippen LogP contribution >= 0.6 is 11.3 Å². The van der Waals surface area contributed by atoms with Gasteiger partial charge >= 0.3 is 0 Å². The Morgan fingerprint density at radius 3 is 2.34 bits per heavy atom. The van der Waals surface area contributed by atoms with E-state index in [4.69, 9.17) is 9.47 Å². The minimum Gasteiger partial charge on any atom is -0.391 e. The smallest absolute Gasteiger partial charge is 0.246 e. The summed E-state index contributed by atoms with van der Waals surface area (Å²) in [4.78, 5) is 63.1. The summed E-state index contributed by atoms with van der Waals surface area (Å²) in [7, 11) is 2.10. The highest BCUT2D eigenvalue weighted by Gasteiger charge is 2.42. The van der Waals surface area contributed by atoms with Gasteiger partial charge < -0.3 is 40.3 Å². The van der Waals surface area contributed by atoms with Crippen molar-refractivity contribution in [3.05, 3.63) is 41.0 Å². The fraction of sp³-hybridized carbons (Fsp3) is 0.658. The Hall–Kier alpha value is -3.47. The standard InChI is InChI=1S/C38H59N7O7S/c1-27(2)35(42-33(47)12-19-52-21-20-51-18-7-5-6-13-39-34(48)25-44-16-14-43(4)15-17-44)38(50)45-24-31(46)22-32(45)37(49)40-23-29-8-10-30(11-9-29)36-28(3)41-26-53-36/h8-11,26-27,31-32,35,46H,5-7,12-25H2,1-4H3,(H,39,48)(H,40,49)(H,42,47)/t31-,32+,35?/m1/s1. The molecule has 14 nitrogen and oxygen atoms in total. The molecule has 4 amide bonds. The van der Waals surface area contributed by atoms with Gasteiger partial charge in [-0.2, -0.15) is 0 Å². The number of aryl methyl sites for hydroxylation is 1. The third-order valence-corrected chi connectivity index (χ3v) is 10.6. The lowest BCUT2D eigenvalue weighted by atomic mass is 10.0. The number of benzene rings is 1. The third-order valence-electron chi connectivity index (χ3n) is 9.64. The maximum Gasteiger partial charge on any atom is 0.246 e. The van der Waals surface area contributed by atoms with E-state index in [2.05, 4.69) is 37.8 Å². The van der Waals surface area contributed by atoms with Crippen LogP contribution in [0, 0.1) is 12.8 Å². The van der Waals surface area contributed by atoms with Crippen molar-refractivity contribution in [3.63, 3.8) is 0 Å². The van der Waals surface area contributed by atoms with Gasteiger partial charge in [-0.25, -0.2) is 4.98 Å². The van der Waals surface area contributed by atoms with Gasteiger partial charge in [0.2, 0.25) is 23.6 Å². The second kappa shape index (κ2) is 22.0. The van der Waals surface area contributed by atoms with Gasteiger partial charge in [0.1, 0.15) is 12.1 Å². The molecule has 0 saturated carbocycles. The van der Waals surface area contributed by atoms with Crippen LogP contribution in [0.1, 0.15) is 57.2 Å². The second-order valence-corrected chi connectivity index (χ2v) is 15.2. The van der Waals surface area contributed by atoms with Crippen molar-refractivity contribution < 1.29 is 33.8 Å². The number of hydrogen-bond acceptors (Lipinski definition) is 11. The molecule has 2 aliphatic heterocycles. The first-order valence-corrected chi connectivity index (χ1v) is 19.8. The summed E-state index contributed by atoms with van der Waals surface area (Å²) >= 11 is 1.58. The molecule has 2 saturated heterocycles. The van der Waals surface area contributed by atoms with Gasteiger partial charge in [0.05, 0.1) is 48.6 Å². The Balaban J connectivity index is 1.07. The molecule has 4 rings (SSSR count). The fourth-order valence-corrected chi connectivity index (χ4v) is 7.20. The normalized spacial score (nSPS) is 18.6. The van der Waals surface area contributed by atoms with Crippen LogP contribution in [0.2, 0.25) is 0 Å². The van der Waals surface area contributed by atoms with Crippen molar-refractivity contribution in [3.8, 4) is 10.4 Å². The number of carbonyl (C=O) groups is 4. The van der Waals surface area contributed by atoms with Crippen LogP contribution < -0.4 is 16.0 Å². The number of nitrogens with zero attached hydrogens (tertiary/aromatic N) is 4. The lowest BCUT2D eigenvalue weighted by Crippen LogP contribution is -2.55. The van der Waals surface area contributed by atoms with E-state index in [0.717, 1.165) is 67.1 Å². The van der Waals surface area contributed by atoms with Crippen LogP contribution in [0.3, 0.4) is 0 Å². The number of rotatable bonds is 21. The number of likely N-dealkylation sites (tertiary alicyclic amines) is 1. The van der Waals surface area contributed by atoms with Gasteiger partial charge in [0.25, 0.3) is 0 Å². The maximum absolute atomic E-state index is 13.7. The summed E-state index contributed by atoms with van der Waals surface area (Å²) in [5.41, 5.74) is 4.76. The Morgan fingerprint density at radius 1 is 0.943 bits per heavy atom. The molecule has 3 atom stereocenters. The van der Waals surface area contributed by atoms with Gasteiger partial charge in [-0.15, -0.1) is 11.3 Å². The number of thiazole rings is 1. The number of nitrogens with one attached hydrogen (secondary N) is 3. The maximum atomic E-state index is 13.7. The zero-order valence-electron chi connectivity index (χ0n) is 31.8. The molecule has 53 heavy (non-hydrogen) atoms. The molecule has 1 unspecified atom stereocenters. The van der Waals surface area contributed by atoms with Crippen molar-refractivity contribution in [1.29, 1.82) is 0 Å². The molecule has 1 aromatic carbocycles. The molecular weight excluding hydrogens is 699 g/mol. The molecule has 2 aromatic rings. The summed E-state index contributed by atoms with van der Waals surface area (Å²) in [5.74, 6) is -1.22. The number of aliphatic hydroxyl groups is 1. The number of likely N-dealkylation sites (N-methyl/N-ethyl adjacent to an activating group) is 1. The lowest BCUT2D eigenvalue weighted by molar-refractivity contribution is -0.142. The Kier molecular flexibility index (Phi) is 17.6. The number of ether oxygens (including phenoxy) is 2. The van der Waals surface area contributed by atoms with E-state index in [1.54, 1.807) is 11.3 Å². The molecule has 0 spiro atoms. The number of aromatic nitrogens is 1. The molecule has 294 valence electrons. The summed E-state index contributed by atoms with van der Waals surface area (Å²) in [6.07, 6.45) is 2.12. The van der Waals surface area contributed by atoms with Gasteiger partial charge in [-0.1, -0.05) is 38.1 Å². The summed E-state index contributed by atoms with van der Waals surface area (Å²) < 4.78 is 11.2. The van der Waals surface area contributed by atoms with E-state index in [9.17, 15) is 24.3 Å². The zero-order valence-corrected chi connectivity index (χ0v) is 32.6. The first-order valence-electron chi connectivity index (χ1n) is 18.9. The third kappa shape index (κ3) is 14.0. The largest absolute Gasteiger partial charge is 0.391 e. The average Bonchev–Trinajstić information content (AvgIpc) is 3.75. The minimum absolute atomic E-state index is 0.0236. The molecule has 0 radical (unpaired) electrons. The Morgan fingerprint density at radius 2 is 1.66 bits per heavy atom. The SMILES string of the molecule is Cc1ncsc1-c1ccc(CNC(=O)[C@@H]2C[C@@H](O)CN2C(=O)C(NC(=O)CCOCCOCCCCCNC(=O)CN2CCN(C)CC2)C(C)C)cc1. The predicted octanol–water partition coefficient (Wildman–Crippen LogP) is 1.79. The van der Waals surface area contributed by atoms with E-state index in [-0.39, 0.29) is 56.2 Å². The van der Waals surface area contributed by atoms with E-state index in [1.165, 1.54) is 4.90 Å². The van der Waals surface area contributed by atoms with Crippen LogP contribution in [0.15, 0.2) is 29.8 Å². The summed E-state index contributed by atoms with van der Waals surface area (Å²) in [6.45, 7) is 12.5. The monoisotopic (exact) mass is 757 g/mol. The van der Waals surface area contributed by atoms with Crippen LogP contribution in [-0.4, -0.2) is 146 Å². The topological polar surface area (TPSA) is 166 Å². The highest BCUT2D eigenvalue weighted by atomic mass is 32.1. The van der Waals surface area contributed by atoms with Gasteiger partial charge in [0.15, 0.2) is 0 Å². The summed E-state index contributed by atoms with van der Waals surface area (Å²) in [6, 6.07) is 6.21. The quantitative estimate of drug-likeness (QED) is 0.138. The molecule has 3 heterocycles. The Bertz CT molecular complexity index is 1450. The predicted molar refractivity (Wildman–Crippen MR) is 204 cm³/mol. The minimum atomic E-state index is -0.848. The number of aliphatic hydroxyl groups excluding tert-OH is 1.